The molecule has 1 fully saturated rings. The van der Waals surface area contributed by atoms with Crippen LogP contribution in [0.3, 0.4) is 0 Å². The minimum atomic E-state index is -0.337. The van der Waals surface area contributed by atoms with Crippen molar-refractivity contribution in [2.24, 2.45) is 0 Å². The second-order valence-electron chi connectivity index (χ2n) is 7.35. The van der Waals surface area contributed by atoms with Crippen LogP contribution in [0.1, 0.15) is 6.42 Å². The van der Waals surface area contributed by atoms with Crippen LogP contribution in [-0.2, 0) is 9.53 Å². The van der Waals surface area contributed by atoms with Gasteiger partial charge in [0.1, 0.15) is 5.82 Å². The number of hydrogen-bond acceptors (Lipinski definition) is 7. The van der Waals surface area contributed by atoms with E-state index in [1.807, 2.05) is 28.8 Å². The second-order valence-corrected chi connectivity index (χ2v) is 9.46. The number of halogens is 1. The van der Waals surface area contributed by atoms with Gasteiger partial charge in [-0.3, -0.25) is 9.36 Å². The van der Waals surface area contributed by atoms with E-state index >= 15 is 0 Å². The molecule has 1 saturated heterocycles. The van der Waals surface area contributed by atoms with Crippen molar-refractivity contribution in [1.82, 2.24) is 20.1 Å². The van der Waals surface area contributed by atoms with Crippen molar-refractivity contribution in [2.45, 2.75) is 16.5 Å². The van der Waals surface area contributed by atoms with Crippen LogP contribution >= 0.6 is 23.5 Å². The van der Waals surface area contributed by atoms with Crippen molar-refractivity contribution in [3.8, 4) is 5.69 Å². The maximum atomic E-state index is 13.9. The third-order valence-electron chi connectivity index (χ3n) is 4.96. The minimum Gasteiger partial charge on any atom is -0.378 e. The van der Waals surface area contributed by atoms with Gasteiger partial charge in [-0.05, 0) is 42.5 Å². The molecule has 0 spiro atoms. The fourth-order valence-corrected chi connectivity index (χ4v) is 5.00. The lowest BCUT2D eigenvalue weighted by atomic mass is 10.3. The number of nitrogens with zero attached hydrogens (tertiary/aromatic N) is 4. The van der Waals surface area contributed by atoms with Gasteiger partial charge in [0.15, 0.2) is 5.16 Å². The average molecular weight is 488 g/mol. The summed E-state index contributed by atoms with van der Waals surface area (Å²) in [7, 11) is 0. The summed E-state index contributed by atoms with van der Waals surface area (Å²) in [4.78, 5) is 15.7. The van der Waals surface area contributed by atoms with Gasteiger partial charge >= 0.3 is 0 Å². The fourth-order valence-electron chi connectivity index (χ4n) is 3.35. The molecule has 1 aliphatic heterocycles. The third kappa shape index (κ3) is 6.72. The van der Waals surface area contributed by atoms with Gasteiger partial charge in [0.05, 0.1) is 24.7 Å². The lowest BCUT2D eigenvalue weighted by Gasteiger charge is -2.27. The summed E-state index contributed by atoms with van der Waals surface area (Å²) in [5, 5.41) is 12.2. The zero-order valence-electron chi connectivity index (χ0n) is 18.2. The van der Waals surface area contributed by atoms with Crippen LogP contribution in [0, 0.1) is 5.82 Å². The first kappa shape index (κ1) is 23.6. The molecule has 1 N–H and O–H groups in total. The number of nitrogens with one attached hydrogen (secondary N) is 1. The number of ether oxygens (including phenoxy) is 1. The Morgan fingerprint density at radius 3 is 2.67 bits per heavy atom. The molecule has 0 bridgehead atoms. The average Bonchev–Trinajstić information content (AvgIpc) is 3.28. The Bertz CT molecular complexity index is 1040. The molecule has 1 aromatic heterocycles. The van der Waals surface area contributed by atoms with Crippen molar-refractivity contribution in [2.75, 3.05) is 49.3 Å². The molecule has 1 amide bonds. The number of amides is 1. The fraction of sp³-hybridized carbons (Fsp3) is 0.348. The highest BCUT2D eigenvalue weighted by Crippen LogP contribution is 2.27. The molecule has 0 unspecified atom stereocenters. The number of benzene rings is 2. The number of rotatable bonds is 10. The summed E-state index contributed by atoms with van der Waals surface area (Å²) in [5.41, 5.74) is 0.627. The van der Waals surface area contributed by atoms with Crippen molar-refractivity contribution in [1.29, 1.82) is 0 Å². The molecule has 174 valence electrons. The number of hydrogen-bond donors (Lipinski definition) is 1. The van der Waals surface area contributed by atoms with E-state index in [2.05, 4.69) is 32.5 Å². The van der Waals surface area contributed by atoms with Gasteiger partial charge in [-0.1, -0.05) is 36.0 Å². The Kier molecular flexibility index (Phi) is 8.62. The maximum Gasteiger partial charge on any atom is 0.232 e. The van der Waals surface area contributed by atoms with Gasteiger partial charge in [0.25, 0.3) is 0 Å². The van der Waals surface area contributed by atoms with E-state index in [1.54, 1.807) is 17.8 Å². The van der Waals surface area contributed by atoms with Gasteiger partial charge in [-0.2, -0.15) is 0 Å². The largest absolute Gasteiger partial charge is 0.378 e. The van der Waals surface area contributed by atoms with E-state index in [1.165, 1.54) is 28.8 Å². The van der Waals surface area contributed by atoms with Crippen LogP contribution in [0.2, 0.25) is 0 Å². The van der Waals surface area contributed by atoms with Crippen LogP contribution in [0.25, 0.3) is 5.69 Å². The Balaban J connectivity index is 1.33. The summed E-state index contributed by atoms with van der Waals surface area (Å²) in [6, 6.07) is 16.5. The second kappa shape index (κ2) is 12.1. The molecule has 4 rings (SSSR count). The molecule has 0 atom stereocenters. The molecule has 2 heterocycles. The van der Waals surface area contributed by atoms with Crippen LogP contribution in [-0.4, -0.2) is 65.0 Å². The topological polar surface area (TPSA) is 72.3 Å². The molecule has 3 aromatic rings. The van der Waals surface area contributed by atoms with Crippen molar-refractivity contribution < 1.29 is 13.9 Å². The van der Waals surface area contributed by atoms with E-state index in [0.717, 1.165) is 12.2 Å². The van der Waals surface area contributed by atoms with Gasteiger partial charge in [-0.25, -0.2) is 4.39 Å². The van der Waals surface area contributed by atoms with E-state index in [4.69, 9.17) is 4.74 Å². The first-order valence-electron chi connectivity index (χ1n) is 10.8. The molecule has 10 heteroatoms. The third-order valence-corrected chi connectivity index (χ3v) is 6.99. The lowest BCUT2D eigenvalue weighted by Crippen LogP contribution is -2.37. The molecule has 0 aliphatic carbocycles. The monoisotopic (exact) mass is 487 g/mol. The highest BCUT2D eigenvalue weighted by Gasteiger charge is 2.22. The van der Waals surface area contributed by atoms with Gasteiger partial charge in [0.2, 0.25) is 11.9 Å². The van der Waals surface area contributed by atoms with Crippen LogP contribution in [0.4, 0.5) is 10.3 Å². The van der Waals surface area contributed by atoms with E-state index < -0.39 is 0 Å². The predicted molar refractivity (Wildman–Crippen MR) is 130 cm³/mol. The zero-order valence-corrected chi connectivity index (χ0v) is 19.8. The number of carbonyl (C=O) groups excluding carboxylic acids is 1. The Morgan fingerprint density at radius 1 is 1.06 bits per heavy atom. The summed E-state index contributed by atoms with van der Waals surface area (Å²) in [6.45, 7) is 3.18. The summed E-state index contributed by atoms with van der Waals surface area (Å²) < 4.78 is 21.2. The zero-order chi connectivity index (χ0) is 22.9. The van der Waals surface area contributed by atoms with E-state index in [-0.39, 0.29) is 17.5 Å². The molecule has 2 aromatic carbocycles. The molecule has 1 aliphatic rings. The van der Waals surface area contributed by atoms with Gasteiger partial charge in [-0.15, -0.1) is 22.0 Å². The first-order valence-corrected chi connectivity index (χ1v) is 12.8. The predicted octanol–water partition coefficient (Wildman–Crippen LogP) is 3.63. The summed E-state index contributed by atoms with van der Waals surface area (Å²) >= 11 is 3.07. The number of anilines is 1. The molecule has 33 heavy (non-hydrogen) atoms. The lowest BCUT2D eigenvalue weighted by molar-refractivity contribution is -0.118. The van der Waals surface area contributed by atoms with Crippen LogP contribution < -0.4 is 10.2 Å². The molecular weight excluding hydrogens is 461 g/mol. The maximum absolute atomic E-state index is 13.9. The molecule has 0 saturated carbocycles. The molecule has 7 nitrogen and oxygen atoms in total. The first-order chi connectivity index (χ1) is 16.2. The number of aromatic nitrogens is 3. The number of carbonyl (C=O) groups is 1. The Hall–Kier alpha value is -2.56. The highest BCUT2D eigenvalue weighted by atomic mass is 32.2. The quantitative estimate of drug-likeness (QED) is 0.346. The van der Waals surface area contributed by atoms with Crippen molar-refractivity contribution in [3.05, 3.63) is 60.4 Å². The molecular formula is C23H26FN5O2S2. The van der Waals surface area contributed by atoms with E-state index in [9.17, 15) is 9.18 Å². The van der Waals surface area contributed by atoms with Gasteiger partial charge in [0, 0.05) is 24.5 Å². The van der Waals surface area contributed by atoms with E-state index in [0.29, 0.717) is 49.6 Å². The summed E-state index contributed by atoms with van der Waals surface area (Å²) in [6.07, 6.45) is 0.886. The Morgan fingerprint density at radius 2 is 1.88 bits per heavy atom. The normalized spacial score (nSPS) is 13.8. The SMILES string of the molecule is O=C(CSc1nnc(N2CCOCC2)n1-c1cccc(F)c1)NCCCSc1ccccc1. The Labute approximate surface area is 201 Å². The number of thioether (sulfide) groups is 2. The smallest absolute Gasteiger partial charge is 0.232 e. The minimum absolute atomic E-state index is 0.0635. The van der Waals surface area contributed by atoms with Crippen LogP contribution in [0.5, 0.6) is 0 Å². The standard InChI is InChI=1S/C23H26FN5O2S2/c24-18-6-4-7-19(16-18)29-22(28-11-13-31-14-12-28)26-27-23(29)33-17-21(30)25-10-5-15-32-20-8-2-1-3-9-20/h1-4,6-9,16H,5,10-15,17H2,(H,25,30). The summed E-state index contributed by atoms with van der Waals surface area (Å²) in [5.74, 6) is 1.38. The number of morpholine rings is 1. The highest BCUT2D eigenvalue weighted by molar-refractivity contribution is 7.99. The van der Waals surface area contributed by atoms with Crippen molar-refractivity contribution >= 4 is 35.4 Å². The van der Waals surface area contributed by atoms with Crippen LogP contribution in [0.15, 0.2) is 64.6 Å². The van der Waals surface area contributed by atoms with Gasteiger partial charge < -0.3 is 15.0 Å². The molecule has 0 radical (unpaired) electrons. The van der Waals surface area contributed by atoms with Crippen molar-refractivity contribution in [3.63, 3.8) is 0 Å².